The predicted molar refractivity (Wildman–Crippen MR) is 51.2 cm³/mol. The topological polar surface area (TPSA) is 17.1 Å². The van der Waals surface area contributed by atoms with Gasteiger partial charge < -0.3 is 0 Å². The van der Waals surface area contributed by atoms with Crippen molar-refractivity contribution in [2.75, 3.05) is 0 Å². The van der Waals surface area contributed by atoms with Crippen LogP contribution in [0.15, 0.2) is 12.1 Å². The summed E-state index contributed by atoms with van der Waals surface area (Å²) in [4.78, 5) is 10.6. The van der Waals surface area contributed by atoms with Gasteiger partial charge in [-0.05, 0) is 24.1 Å². The highest BCUT2D eigenvalue weighted by Gasteiger charge is 2.38. The lowest BCUT2D eigenvalue weighted by Gasteiger charge is -2.17. The third kappa shape index (κ3) is 2.83. The number of aldehydes is 1. The minimum Gasteiger partial charge on any atom is -0.298 e. The standard InChI is InChI=1S/C11H8F6O/c1-2-8-6(5-18)3-7(10(12,13)14)4-9(8)11(15,16)17/h3-5H,2H2,1H3. The van der Waals surface area contributed by atoms with E-state index in [1.165, 1.54) is 6.92 Å². The van der Waals surface area contributed by atoms with Crippen LogP contribution in [0.2, 0.25) is 0 Å². The molecule has 0 aromatic heterocycles. The second kappa shape index (κ2) is 4.62. The Morgan fingerprint density at radius 3 is 1.94 bits per heavy atom. The molecule has 1 aromatic rings. The van der Waals surface area contributed by atoms with Crippen LogP contribution in [0.25, 0.3) is 0 Å². The minimum atomic E-state index is -4.93. The van der Waals surface area contributed by atoms with Gasteiger partial charge in [0.05, 0.1) is 11.1 Å². The van der Waals surface area contributed by atoms with Gasteiger partial charge in [0.2, 0.25) is 0 Å². The fourth-order valence-corrected chi connectivity index (χ4v) is 1.61. The van der Waals surface area contributed by atoms with Gasteiger partial charge in [0.1, 0.15) is 6.29 Å². The van der Waals surface area contributed by atoms with Crippen molar-refractivity contribution in [1.29, 1.82) is 0 Å². The van der Waals surface area contributed by atoms with Crippen molar-refractivity contribution in [3.8, 4) is 0 Å². The Labute approximate surface area is 98.4 Å². The monoisotopic (exact) mass is 270 g/mol. The van der Waals surface area contributed by atoms with Crippen LogP contribution in [-0.2, 0) is 18.8 Å². The third-order valence-electron chi connectivity index (χ3n) is 2.40. The molecular weight excluding hydrogens is 262 g/mol. The summed E-state index contributed by atoms with van der Waals surface area (Å²) in [5, 5.41) is 0. The zero-order chi connectivity index (χ0) is 14.1. The maximum absolute atomic E-state index is 12.6. The molecule has 0 aliphatic carbocycles. The normalized spacial score (nSPS) is 12.6. The average molecular weight is 270 g/mol. The molecule has 1 rings (SSSR count). The molecule has 0 bridgehead atoms. The fourth-order valence-electron chi connectivity index (χ4n) is 1.61. The molecule has 0 saturated heterocycles. The Morgan fingerprint density at radius 2 is 1.61 bits per heavy atom. The van der Waals surface area contributed by atoms with Crippen molar-refractivity contribution in [3.63, 3.8) is 0 Å². The quantitative estimate of drug-likeness (QED) is 0.584. The Bertz CT molecular complexity index is 458. The molecular formula is C11H8F6O. The molecule has 18 heavy (non-hydrogen) atoms. The maximum atomic E-state index is 12.6. The molecule has 100 valence electrons. The lowest BCUT2D eigenvalue weighted by atomic mass is 9.95. The van der Waals surface area contributed by atoms with E-state index in [4.69, 9.17) is 0 Å². The molecule has 0 atom stereocenters. The Hall–Kier alpha value is -1.53. The van der Waals surface area contributed by atoms with E-state index in [1.807, 2.05) is 0 Å². The molecule has 0 unspecified atom stereocenters. The van der Waals surface area contributed by atoms with E-state index in [2.05, 4.69) is 0 Å². The largest absolute Gasteiger partial charge is 0.416 e. The van der Waals surface area contributed by atoms with Crippen LogP contribution >= 0.6 is 0 Å². The first-order valence-electron chi connectivity index (χ1n) is 4.87. The van der Waals surface area contributed by atoms with Gasteiger partial charge in [-0.2, -0.15) is 26.3 Å². The lowest BCUT2D eigenvalue weighted by molar-refractivity contribution is -0.143. The highest BCUT2D eigenvalue weighted by Crippen LogP contribution is 2.38. The molecule has 0 saturated carbocycles. The van der Waals surface area contributed by atoms with Gasteiger partial charge >= 0.3 is 12.4 Å². The molecule has 7 heteroatoms. The SMILES string of the molecule is CCc1c(C=O)cc(C(F)(F)F)cc1C(F)(F)F. The van der Waals surface area contributed by atoms with E-state index in [0.717, 1.165) is 0 Å². The van der Waals surface area contributed by atoms with Crippen LogP contribution < -0.4 is 0 Å². The van der Waals surface area contributed by atoms with Gasteiger partial charge in [-0.25, -0.2) is 0 Å². The summed E-state index contributed by atoms with van der Waals surface area (Å²) in [5.41, 5.74) is -3.90. The second-order valence-electron chi connectivity index (χ2n) is 3.56. The summed E-state index contributed by atoms with van der Waals surface area (Å²) in [6.07, 6.45) is -10.0. The van der Waals surface area contributed by atoms with Crippen molar-refractivity contribution in [3.05, 3.63) is 34.4 Å². The first-order valence-corrected chi connectivity index (χ1v) is 4.87. The van der Waals surface area contributed by atoms with Crippen LogP contribution in [-0.4, -0.2) is 6.29 Å². The van der Waals surface area contributed by atoms with Crippen molar-refractivity contribution in [2.24, 2.45) is 0 Å². The lowest BCUT2D eigenvalue weighted by Crippen LogP contribution is -2.15. The van der Waals surface area contributed by atoms with Crippen molar-refractivity contribution >= 4 is 6.29 Å². The summed E-state index contributed by atoms with van der Waals surface area (Å²) in [6, 6.07) is 0.465. The predicted octanol–water partition coefficient (Wildman–Crippen LogP) is 4.10. The van der Waals surface area contributed by atoms with Gasteiger partial charge in [-0.15, -0.1) is 0 Å². The molecule has 0 heterocycles. The van der Waals surface area contributed by atoms with E-state index < -0.39 is 34.6 Å². The number of carbonyl (C=O) groups excluding carboxylic acids is 1. The highest BCUT2D eigenvalue weighted by atomic mass is 19.4. The van der Waals surface area contributed by atoms with Crippen molar-refractivity contribution in [2.45, 2.75) is 25.7 Å². The van der Waals surface area contributed by atoms with Crippen LogP contribution in [0.5, 0.6) is 0 Å². The van der Waals surface area contributed by atoms with Gasteiger partial charge in [0.25, 0.3) is 0 Å². The number of hydrogen-bond donors (Lipinski definition) is 0. The maximum Gasteiger partial charge on any atom is 0.416 e. The van der Waals surface area contributed by atoms with Crippen molar-refractivity contribution in [1.82, 2.24) is 0 Å². The minimum absolute atomic E-state index is 0.00329. The first-order chi connectivity index (χ1) is 8.11. The number of alkyl halides is 6. The molecule has 0 amide bonds. The molecule has 0 N–H and O–H groups in total. The van der Waals surface area contributed by atoms with Gasteiger partial charge in [-0.1, -0.05) is 6.92 Å². The molecule has 1 aromatic carbocycles. The molecule has 0 radical (unpaired) electrons. The zero-order valence-corrected chi connectivity index (χ0v) is 9.12. The number of carbonyl (C=O) groups is 1. The van der Waals surface area contributed by atoms with Crippen molar-refractivity contribution < 1.29 is 31.1 Å². The number of halogens is 6. The molecule has 0 aliphatic rings. The number of hydrogen-bond acceptors (Lipinski definition) is 1. The van der Waals surface area contributed by atoms with Gasteiger partial charge in [-0.3, -0.25) is 4.79 Å². The van der Waals surface area contributed by atoms with Gasteiger partial charge in [0, 0.05) is 5.56 Å². The Kier molecular flexibility index (Phi) is 3.73. The van der Waals surface area contributed by atoms with E-state index in [1.54, 1.807) is 0 Å². The molecule has 1 nitrogen and oxygen atoms in total. The van der Waals surface area contributed by atoms with Crippen LogP contribution in [0.3, 0.4) is 0 Å². The Balaban J connectivity index is 3.62. The summed E-state index contributed by atoms with van der Waals surface area (Å²) in [6.45, 7) is 1.34. The van der Waals surface area contributed by atoms with E-state index in [0.29, 0.717) is 6.07 Å². The number of benzene rings is 1. The third-order valence-corrected chi connectivity index (χ3v) is 2.40. The Morgan fingerprint density at radius 1 is 1.06 bits per heavy atom. The summed E-state index contributed by atoms with van der Waals surface area (Å²) in [7, 11) is 0. The summed E-state index contributed by atoms with van der Waals surface area (Å²) in [5.74, 6) is 0. The fraction of sp³-hybridized carbons (Fsp3) is 0.364. The summed E-state index contributed by atoms with van der Waals surface area (Å²) >= 11 is 0. The zero-order valence-electron chi connectivity index (χ0n) is 9.12. The van der Waals surface area contributed by atoms with Gasteiger partial charge in [0.15, 0.2) is 0 Å². The van der Waals surface area contributed by atoms with E-state index in [9.17, 15) is 31.1 Å². The average Bonchev–Trinajstić information content (AvgIpc) is 2.24. The second-order valence-corrected chi connectivity index (χ2v) is 3.56. The highest BCUT2D eigenvalue weighted by molar-refractivity contribution is 5.78. The van der Waals surface area contributed by atoms with Crippen LogP contribution in [0.4, 0.5) is 26.3 Å². The molecule has 0 spiro atoms. The molecule has 0 aliphatic heterocycles. The van der Waals surface area contributed by atoms with Crippen LogP contribution in [0, 0.1) is 0 Å². The van der Waals surface area contributed by atoms with Crippen LogP contribution in [0.1, 0.15) is 34.0 Å². The summed E-state index contributed by atoms with van der Waals surface area (Å²) < 4.78 is 75.2. The smallest absolute Gasteiger partial charge is 0.298 e. The van der Waals surface area contributed by atoms with E-state index >= 15 is 0 Å². The van der Waals surface area contributed by atoms with E-state index in [-0.39, 0.29) is 18.8 Å². The first kappa shape index (κ1) is 14.5. The number of rotatable bonds is 2. The molecule has 0 fully saturated rings.